The van der Waals surface area contributed by atoms with E-state index in [4.69, 9.17) is 9.47 Å². The first-order valence-electron chi connectivity index (χ1n) is 12.1. The SMILES string of the molecule is COc1ccc(CN2CCCCC2COC(=O)N2CCN(c3ccc(C(F)(F)F)cc3)CC2)cc1F. The first kappa shape index (κ1) is 26.1. The Labute approximate surface area is 208 Å². The Morgan fingerprint density at radius 2 is 1.72 bits per heavy atom. The van der Waals surface area contributed by atoms with Crippen LogP contribution in [0.15, 0.2) is 42.5 Å². The van der Waals surface area contributed by atoms with Crippen LogP contribution in [0.25, 0.3) is 0 Å². The molecule has 2 fully saturated rings. The van der Waals surface area contributed by atoms with E-state index in [0.717, 1.165) is 43.5 Å². The van der Waals surface area contributed by atoms with E-state index < -0.39 is 17.6 Å². The molecule has 0 aliphatic carbocycles. The molecule has 36 heavy (non-hydrogen) atoms. The van der Waals surface area contributed by atoms with Crippen molar-refractivity contribution in [1.82, 2.24) is 9.80 Å². The minimum atomic E-state index is -4.36. The van der Waals surface area contributed by atoms with Gasteiger partial charge in [-0.15, -0.1) is 0 Å². The van der Waals surface area contributed by atoms with Crippen molar-refractivity contribution in [3.8, 4) is 5.75 Å². The third kappa shape index (κ3) is 6.40. The molecular weight excluding hydrogens is 478 g/mol. The Hall–Kier alpha value is -3.01. The lowest BCUT2D eigenvalue weighted by Gasteiger charge is -2.37. The van der Waals surface area contributed by atoms with Gasteiger partial charge in [0.2, 0.25) is 0 Å². The normalized spacial score (nSPS) is 19.3. The van der Waals surface area contributed by atoms with Crippen molar-refractivity contribution < 1.29 is 31.8 Å². The van der Waals surface area contributed by atoms with E-state index in [9.17, 15) is 22.4 Å². The Kier molecular flexibility index (Phi) is 8.23. The summed E-state index contributed by atoms with van der Waals surface area (Å²) in [5.74, 6) is -0.188. The van der Waals surface area contributed by atoms with Crippen LogP contribution in [0.5, 0.6) is 5.75 Å². The zero-order valence-corrected chi connectivity index (χ0v) is 20.3. The zero-order valence-electron chi connectivity index (χ0n) is 20.3. The van der Waals surface area contributed by atoms with Gasteiger partial charge in [-0.2, -0.15) is 13.2 Å². The number of benzene rings is 2. The third-order valence-corrected chi connectivity index (χ3v) is 6.85. The van der Waals surface area contributed by atoms with Gasteiger partial charge in [0.25, 0.3) is 0 Å². The number of hydrogen-bond donors (Lipinski definition) is 0. The van der Waals surface area contributed by atoms with Crippen molar-refractivity contribution in [3.05, 3.63) is 59.4 Å². The van der Waals surface area contributed by atoms with Gasteiger partial charge in [0.05, 0.1) is 12.7 Å². The van der Waals surface area contributed by atoms with Gasteiger partial charge in [0, 0.05) is 44.5 Å². The molecule has 1 atom stereocenters. The monoisotopic (exact) mass is 509 g/mol. The highest BCUT2D eigenvalue weighted by Crippen LogP contribution is 2.31. The second kappa shape index (κ2) is 11.4. The number of alkyl halides is 3. The number of anilines is 1. The van der Waals surface area contributed by atoms with Gasteiger partial charge in [-0.1, -0.05) is 12.5 Å². The fourth-order valence-corrected chi connectivity index (χ4v) is 4.77. The first-order chi connectivity index (χ1) is 17.2. The molecule has 0 aromatic heterocycles. The molecule has 1 amide bonds. The number of piperidine rings is 1. The molecule has 2 aromatic carbocycles. The van der Waals surface area contributed by atoms with Crippen LogP contribution < -0.4 is 9.64 Å². The molecule has 6 nitrogen and oxygen atoms in total. The van der Waals surface area contributed by atoms with Gasteiger partial charge in [0.15, 0.2) is 11.6 Å². The molecule has 2 heterocycles. The minimum Gasteiger partial charge on any atom is -0.494 e. The summed E-state index contributed by atoms with van der Waals surface area (Å²) < 4.78 is 63.1. The largest absolute Gasteiger partial charge is 0.494 e. The van der Waals surface area contributed by atoms with E-state index in [1.807, 2.05) is 11.0 Å². The van der Waals surface area contributed by atoms with Gasteiger partial charge in [-0.05, 0) is 61.3 Å². The third-order valence-electron chi connectivity index (χ3n) is 6.85. The second-order valence-corrected chi connectivity index (χ2v) is 9.18. The zero-order chi connectivity index (χ0) is 25.7. The summed E-state index contributed by atoms with van der Waals surface area (Å²) in [5, 5.41) is 0. The smallest absolute Gasteiger partial charge is 0.416 e. The van der Waals surface area contributed by atoms with Crippen LogP contribution in [-0.4, -0.2) is 68.4 Å². The first-order valence-corrected chi connectivity index (χ1v) is 12.1. The molecular formula is C26H31F4N3O3. The number of amides is 1. The lowest BCUT2D eigenvalue weighted by molar-refractivity contribution is -0.137. The lowest BCUT2D eigenvalue weighted by atomic mass is 10.0. The Morgan fingerprint density at radius 3 is 2.36 bits per heavy atom. The van der Waals surface area contributed by atoms with Crippen LogP contribution in [0.2, 0.25) is 0 Å². The Morgan fingerprint density at radius 1 is 1.00 bits per heavy atom. The number of piperazine rings is 1. The van der Waals surface area contributed by atoms with Crippen molar-refractivity contribution in [2.75, 3.05) is 51.3 Å². The van der Waals surface area contributed by atoms with Crippen LogP contribution in [0, 0.1) is 5.82 Å². The molecule has 10 heteroatoms. The molecule has 0 radical (unpaired) electrons. The molecule has 0 spiro atoms. The highest BCUT2D eigenvalue weighted by atomic mass is 19.4. The molecule has 0 N–H and O–H groups in total. The van der Waals surface area contributed by atoms with E-state index >= 15 is 0 Å². The van der Waals surface area contributed by atoms with Gasteiger partial charge in [0.1, 0.15) is 6.61 Å². The molecule has 2 aliphatic rings. The maximum atomic E-state index is 14.1. The van der Waals surface area contributed by atoms with Crippen molar-refractivity contribution in [1.29, 1.82) is 0 Å². The molecule has 4 rings (SSSR count). The summed E-state index contributed by atoms with van der Waals surface area (Å²) in [6.07, 6.45) is -1.77. The highest BCUT2D eigenvalue weighted by molar-refractivity contribution is 5.68. The van der Waals surface area contributed by atoms with E-state index in [2.05, 4.69) is 4.90 Å². The molecule has 2 saturated heterocycles. The topological polar surface area (TPSA) is 45.3 Å². The summed E-state index contributed by atoms with van der Waals surface area (Å²) in [6.45, 7) is 3.56. The predicted octanol–water partition coefficient (Wildman–Crippen LogP) is 5.17. The summed E-state index contributed by atoms with van der Waals surface area (Å²) in [6, 6.07) is 10.1. The van der Waals surface area contributed by atoms with E-state index in [1.54, 1.807) is 11.0 Å². The number of likely N-dealkylation sites (tertiary alicyclic amines) is 1. The van der Waals surface area contributed by atoms with Crippen LogP contribution in [0.1, 0.15) is 30.4 Å². The number of nitrogens with zero attached hydrogens (tertiary/aromatic N) is 3. The van der Waals surface area contributed by atoms with E-state index in [-0.39, 0.29) is 24.5 Å². The van der Waals surface area contributed by atoms with Crippen molar-refractivity contribution in [3.63, 3.8) is 0 Å². The molecule has 0 saturated carbocycles. The second-order valence-electron chi connectivity index (χ2n) is 9.18. The minimum absolute atomic E-state index is 0.0568. The predicted molar refractivity (Wildman–Crippen MR) is 128 cm³/mol. The lowest BCUT2D eigenvalue weighted by Crippen LogP contribution is -2.50. The number of rotatable bonds is 6. The summed E-state index contributed by atoms with van der Waals surface area (Å²) >= 11 is 0. The number of ether oxygens (including phenoxy) is 2. The van der Waals surface area contributed by atoms with Gasteiger partial charge >= 0.3 is 12.3 Å². The molecule has 196 valence electrons. The maximum absolute atomic E-state index is 14.1. The van der Waals surface area contributed by atoms with Crippen molar-refractivity contribution >= 4 is 11.8 Å². The molecule has 1 unspecified atom stereocenters. The number of carbonyl (C=O) groups excluding carboxylic acids is 1. The number of halogens is 4. The molecule has 0 bridgehead atoms. The van der Waals surface area contributed by atoms with E-state index in [0.29, 0.717) is 38.4 Å². The summed E-state index contributed by atoms with van der Waals surface area (Å²) in [7, 11) is 1.43. The number of hydrogen-bond acceptors (Lipinski definition) is 5. The van der Waals surface area contributed by atoms with E-state index in [1.165, 1.54) is 25.3 Å². The van der Waals surface area contributed by atoms with Crippen LogP contribution in [0.4, 0.5) is 28.0 Å². The van der Waals surface area contributed by atoms with Crippen LogP contribution >= 0.6 is 0 Å². The quantitative estimate of drug-likeness (QED) is 0.503. The number of carbonyl (C=O) groups is 1. The Balaban J connectivity index is 1.26. The molecule has 2 aliphatic heterocycles. The fourth-order valence-electron chi connectivity index (χ4n) is 4.77. The maximum Gasteiger partial charge on any atom is 0.416 e. The van der Waals surface area contributed by atoms with Crippen LogP contribution in [-0.2, 0) is 17.5 Å². The average Bonchev–Trinajstić information content (AvgIpc) is 2.88. The number of methoxy groups -OCH3 is 1. The Bertz CT molecular complexity index is 1020. The van der Waals surface area contributed by atoms with Gasteiger partial charge in [-0.3, -0.25) is 4.90 Å². The highest BCUT2D eigenvalue weighted by Gasteiger charge is 2.31. The fraction of sp³-hybridized carbons (Fsp3) is 0.500. The summed E-state index contributed by atoms with van der Waals surface area (Å²) in [4.78, 5) is 18.5. The van der Waals surface area contributed by atoms with Crippen molar-refractivity contribution in [2.45, 2.75) is 38.0 Å². The summed E-state index contributed by atoms with van der Waals surface area (Å²) in [5.41, 5.74) is 0.858. The average molecular weight is 510 g/mol. The van der Waals surface area contributed by atoms with Crippen molar-refractivity contribution in [2.24, 2.45) is 0 Å². The standard InChI is InChI=1S/C26H31F4N3O3/c1-35-24-10-5-19(16-23(24)27)17-33-11-3-2-4-22(33)18-36-25(34)32-14-12-31(13-15-32)21-8-6-20(7-9-21)26(28,29)30/h5-10,16,22H,2-4,11-15,17-18H2,1H3. The van der Waals surface area contributed by atoms with Gasteiger partial charge in [-0.25, -0.2) is 9.18 Å². The van der Waals surface area contributed by atoms with Gasteiger partial charge < -0.3 is 19.3 Å². The molecule has 2 aromatic rings. The van der Waals surface area contributed by atoms with Crippen LogP contribution in [0.3, 0.4) is 0 Å².